The minimum atomic E-state index is 0.338. The van der Waals surface area contributed by atoms with Crippen molar-refractivity contribution < 1.29 is 4.74 Å². The summed E-state index contributed by atoms with van der Waals surface area (Å²) in [6.07, 6.45) is 0.676. The Labute approximate surface area is 105 Å². The summed E-state index contributed by atoms with van der Waals surface area (Å²) in [6.45, 7) is 10.9. The molecule has 1 aromatic rings. The van der Waals surface area contributed by atoms with Gasteiger partial charge in [0.05, 0.1) is 12.2 Å². The number of benzene rings is 1. The van der Waals surface area contributed by atoms with E-state index in [1.165, 1.54) is 11.1 Å². The molecule has 1 aromatic carbocycles. The van der Waals surface area contributed by atoms with Crippen LogP contribution in [0.15, 0.2) is 24.3 Å². The van der Waals surface area contributed by atoms with E-state index in [4.69, 9.17) is 4.74 Å². The molecule has 1 aliphatic heterocycles. The van der Waals surface area contributed by atoms with E-state index in [0.717, 1.165) is 13.1 Å². The summed E-state index contributed by atoms with van der Waals surface area (Å²) < 4.78 is 5.79. The van der Waals surface area contributed by atoms with Gasteiger partial charge in [-0.3, -0.25) is 4.90 Å². The summed E-state index contributed by atoms with van der Waals surface area (Å²) in [5, 5.41) is 0. The van der Waals surface area contributed by atoms with Gasteiger partial charge in [0.1, 0.15) is 0 Å². The molecule has 0 radical (unpaired) electrons. The van der Waals surface area contributed by atoms with Crippen LogP contribution in [0.1, 0.15) is 37.9 Å². The Kier molecular flexibility index (Phi) is 3.85. The highest BCUT2D eigenvalue weighted by atomic mass is 16.5. The maximum Gasteiger partial charge on any atom is 0.0678 e. The summed E-state index contributed by atoms with van der Waals surface area (Å²) in [4.78, 5) is 2.53. The first-order valence-corrected chi connectivity index (χ1v) is 6.53. The fraction of sp³-hybridized carbons (Fsp3) is 0.600. The Bertz CT molecular complexity index is 367. The number of nitrogens with zero attached hydrogens (tertiary/aromatic N) is 1. The maximum atomic E-state index is 5.79. The molecule has 0 N–H and O–H groups in total. The Morgan fingerprint density at radius 2 is 1.76 bits per heavy atom. The summed E-state index contributed by atoms with van der Waals surface area (Å²) >= 11 is 0. The molecule has 1 saturated heterocycles. The zero-order valence-corrected chi connectivity index (χ0v) is 11.3. The Morgan fingerprint density at radius 1 is 1.18 bits per heavy atom. The maximum absolute atomic E-state index is 5.79. The minimum absolute atomic E-state index is 0.338. The van der Waals surface area contributed by atoms with Crippen LogP contribution in [0.2, 0.25) is 0 Å². The molecule has 2 heteroatoms. The van der Waals surface area contributed by atoms with Gasteiger partial charge in [-0.2, -0.15) is 0 Å². The molecule has 1 aliphatic rings. The number of aryl methyl sites for hydroxylation is 1. The molecule has 2 nitrogen and oxygen atoms in total. The van der Waals surface area contributed by atoms with Crippen LogP contribution in [-0.2, 0) is 4.74 Å². The average molecular weight is 233 g/mol. The van der Waals surface area contributed by atoms with Gasteiger partial charge >= 0.3 is 0 Å². The Balaban J connectivity index is 2.14. The molecule has 3 unspecified atom stereocenters. The van der Waals surface area contributed by atoms with Gasteiger partial charge in [-0.25, -0.2) is 0 Å². The lowest BCUT2D eigenvalue weighted by atomic mass is 10.00. The number of rotatable bonds is 2. The van der Waals surface area contributed by atoms with Crippen molar-refractivity contribution in [2.24, 2.45) is 0 Å². The predicted molar refractivity (Wildman–Crippen MR) is 71.2 cm³/mol. The lowest BCUT2D eigenvalue weighted by Gasteiger charge is -2.39. The van der Waals surface area contributed by atoms with E-state index in [-0.39, 0.29) is 0 Å². The smallest absolute Gasteiger partial charge is 0.0678 e. The van der Waals surface area contributed by atoms with Gasteiger partial charge in [0.25, 0.3) is 0 Å². The van der Waals surface area contributed by atoms with Crippen molar-refractivity contribution in [3.05, 3.63) is 35.4 Å². The third-order valence-electron chi connectivity index (χ3n) is 3.63. The number of ether oxygens (including phenoxy) is 1. The molecule has 0 aliphatic carbocycles. The third-order valence-corrected chi connectivity index (χ3v) is 3.63. The zero-order valence-electron chi connectivity index (χ0n) is 11.3. The van der Waals surface area contributed by atoms with Gasteiger partial charge in [-0.05, 0) is 38.8 Å². The van der Waals surface area contributed by atoms with Crippen LogP contribution in [-0.4, -0.2) is 30.2 Å². The van der Waals surface area contributed by atoms with Crippen molar-refractivity contribution in [3.8, 4) is 0 Å². The van der Waals surface area contributed by atoms with Crippen molar-refractivity contribution in [2.45, 2.75) is 45.9 Å². The standard InChI is InChI=1S/C15H23NO/c1-11-7-5-6-8-15(11)14(4)16-9-12(2)17-13(3)10-16/h5-8,12-14H,9-10H2,1-4H3. The molecule has 1 fully saturated rings. The quantitative estimate of drug-likeness (QED) is 0.778. The fourth-order valence-corrected chi connectivity index (χ4v) is 2.79. The van der Waals surface area contributed by atoms with E-state index in [2.05, 4.69) is 56.9 Å². The first-order valence-electron chi connectivity index (χ1n) is 6.53. The van der Waals surface area contributed by atoms with Gasteiger partial charge in [-0.1, -0.05) is 24.3 Å². The van der Waals surface area contributed by atoms with Gasteiger partial charge in [0, 0.05) is 19.1 Å². The van der Waals surface area contributed by atoms with Crippen molar-refractivity contribution in [3.63, 3.8) is 0 Å². The SMILES string of the molecule is Cc1ccccc1C(C)N1CC(C)OC(C)C1. The van der Waals surface area contributed by atoms with Crippen LogP contribution in [0, 0.1) is 6.92 Å². The first kappa shape index (κ1) is 12.6. The molecular formula is C15H23NO. The summed E-state index contributed by atoms with van der Waals surface area (Å²) in [5.41, 5.74) is 2.82. The van der Waals surface area contributed by atoms with Crippen molar-refractivity contribution in [1.29, 1.82) is 0 Å². The highest BCUT2D eigenvalue weighted by Gasteiger charge is 2.26. The highest BCUT2D eigenvalue weighted by Crippen LogP contribution is 2.26. The lowest BCUT2D eigenvalue weighted by molar-refractivity contribution is -0.0790. The van der Waals surface area contributed by atoms with Crippen LogP contribution in [0.4, 0.5) is 0 Å². The van der Waals surface area contributed by atoms with Crippen LogP contribution in [0.25, 0.3) is 0 Å². The number of hydrogen-bond acceptors (Lipinski definition) is 2. The second-order valence-corrected chi connectivity index (χ2v) is 5.24. The second-order valence-electron chi connectivity index (χ2n) is 5.24. The van der Waals surface area contributed by atoms with E-state index in [1.54, 1.807) is 0 Å². The van der Waals surface area contributed by atoms with Crippen molar-refractivity contribution >= 4 is 0 Å². The molecule has 0 spiro atoms. The Hall–Kier alpha value is -0.860. The van der Waals surface area contributed by atoms with Gasteiger partial charge < -0.3 is 4.74 Å². The Morgan fingerprint density at radius 3 is 2.35 bits per heavy atom. The van der Waals surface area contributed by atoms with Gasteiger partial charge in [0.2, 0.25) is 0 Å². The molecule has 0 amide bonds. The average Bonchev–Trinajstić information content (AvgIpc) is 2.27. The predicted octanol–water partition coefficient (Wildman–Crippen LogP) is 3.17. The second kappa shape index (κ2) is 5.19. The lowest BCUT2D eigenvalue weighted by Crippen LogP contribution is -2.46. The highest BCUT2D eigenvalue weighted by molar-refractivity contribution is 5.28. The summed E-state index contributed by atoms with van der Waals surface area (Å²) in [5.74, 6) is 0. The number of hydrogen-bond donors (Lipinski definition) is 0. The zero-order chi connectivity index (χ0) is 12.4. The van der Waals surface area contributed by atoms with Crippen LogP contribution >= 0.6 is 0 Å². The molecule has 94 valence electrons. The van der Waals surface area contributed by atoms with Gasteiger partial charge in [0.15, 0.2) is 0 Å². The normalized spacial score (nSPS) is 28.0. The fourth-order valence-electron chi connectivity index (χ4n) is 2.79. The van der Waals surface area contributed by atoms with E-state index in [9.17, 15) is 0 Å². The summed E-state index contributed by atoms with van der Waals surface area (Å²) in [6, 6.07) is 9.15. The first-order chi connectivity index (χ1) is 8.08. The molecule has 0 saturated carbocycles. The molecule has 3 atom stereocenters. The molecule has 17 heavy (non-hydrogen) atoms. The van der Waals surface area contributed by atoms with E-state index in [0.29, 0.717) is 18.2 Å². The van der Waals surface area contributed by atoms with Crippen molar-refractivity contribution in [2.75, 3.05) is 13.1 Å². The molecule has 0 aromatic heterocycles. The van der Waals surface area contributed by atoms with Crippen LogP contribution in [0.5, 0.6) is 0 Å². The largest absolute Gasteiger partial charge is 0.373 e. The molecule has 1 heterocycles. The molecule has 2 rings (SSSR count). The monoisotopic (exact) mass is 233 g/mol. The van der Waals surface area contributed by atoms with E-state index < -0.39 is 0 Å². The van der Waals surface area contributed by atoms with E-state index in [1.807, 2.05) is 0 Å². The van der Waals surface area contributed by atoms with Crippen LogP contribution in [0.3, 0.4) is 0 Å². The molecular weight excluding hydrogens is 210 g/mol. The van der Waals surface area contributed by atoms with Gasteiger partial charge in [-0.15, -0.1) is 0 Å². The van der Waals surface area contributed by atoms with Crippen LogP contribution < -0.4 is 0 Å². The topological polar surface area (TPSA) is 12.5 Å². The van der Waals surface area contributed by atoms with E-state index >= 15 is 0 Å². The minimum Gasteiger partial charge on any atom is -0.373 e. The summed E-state index contributed by atoms with van der Waals surface area (Å²) in [7, 11) is 0. The van der Waals surface area contributed by atoms with Crippen molar-refractivity contribution in [1.82, 2.24) is 4.90 Å². The number of morpholine rings is 1. The third kappa shape index (κ3) is 2.88. The molecule has 0 bridgehead atoms.